The van der Waals surface area contributed by atoms with Crippen molar-refractivity contribution in [3.63, 3.8) is 0 Å². The van der Waals surface area contributed by atoms with Gasteiger partial charge in [0, 0.05) is 20.2 Å². The summed E-state index contributed by atoms with van der Waals surface area (Å²) in [6.07, 6.45) is 0. The van der Waals surface area contributed by atoms with Crippen LogP contribution < -0.4 is 10.1 Å². The maximum atomic E-state index is 12.2. The summed E-state index contributed by atoms with van der Waals surface area (Å²) in [6.45, 7) is 0. The molecule has 6 heteroatoms. The highest BCUT2D eigenvalue weighted by molar-refractivity contribution is 9.10. The summed E-state index contributed by atoms with van der Waals surface area (Å²) >= 11 is 15.1. The highest BCUT2D eigenvalue weighted by atomic mass is 79.9. The van der Waals surface area contributed by atoms with Crippen molar-refractivity contribution in [2.75, 3.05) is 12.4 Å². The number of amides is 1. The van der Waals surface area contributed by atoms with Crippen LogP contribution >= 0.6 is 39.1 Å². The van der Waals surface area contributed by atoms with Crippen LogP contribution in [0.5, 0.6) is 5.75 Å². The van der Waals surface area contributed by atoms with Gasteiger partial charge in [0.25, 0.3) is 5.91 Å². The van der Waals surface area contributed by atoms with Crippen LogP contribution in [-0.2, 0) is 0 Å². The molecule has 0 aliphatic rings. The Morgan fingerprint density at radius 2 is 1.80 bits per heavy atom. The fraction of sp³-hybridized carbons (Fsp3) is 0.0714. The summed E-state index contributed by atoms with van der Waals surface area (Å²) in [6, 6.07) is 10.0. The number of methoxy groups -OCH3 is 1. The van der Waals surface area contributed by atoms with Gasteiger partial charge in [0.05, 0.1) is 12.7 Å². The summed E-state index contributed by atoms with van der Waals surface area (Å²) in [4.78, 5) is 12.2. The lowest BCUT2D eigenvalue weighted by molar-refractivity contribution is 0.102. The van der Waals surface area contributed by atoms with Crippen LogP contribution in [0.1, 0.15) is 10.4 Å². The molecule has 3 nitrogen and oxygen atoms in total. The maximum Gasteiger partial charge on any atom is 0.256 e. The van der Waals surface area contributed by atoms with Gasteiger partial charge in [-0.2, -0.15) is 0 Å². The Morgan fingerprint density at radius 1 is 1.15 bits per heavy atom. The molecule has 0 saturated heterocycles. The van der Waals surface area contributed by atoms with Crippen LogP contribution in [0, 0.1) is 0 Å². The average Bonchev–Trinajstić information content (AvgIpc) is 2.37. The molecule has 0 unspecified atom stereocenters. The number of benzene rings is 2. The Morgan fingerprint density at radius 3 is 2.40 bits per heavy atom. The molecule has 1 N–H and O–H groups in total. The van der Waals surface area contributed by atoms with Crippen molar-refractivity contribution in [3.8, 4) is 5.75 Å². The van der Waals surface area contributed by atoms with Crippen molar-refractivity contribution in [2.45, 2.75) is 0 Å². The number of rotatable bonds is 3. The van der Waals surface area contributed by atoms with E-state index in [1.807, 2.05) is 0 Å². The molecule has 0 radical (unpaired) electrons. The van der Waals surface area contributed by atoms with Crippen molar-refractivity contribution >= 4 is 50.7 Å². The second kappa shape index (κ2) is 6.48. The Bertz CT molecular complexity index is 641. The van der Waals surface area contributed by atoms with E-state index >= 15 is 0 Å². The molecule has 20 heavy (non-hydrogen) atoms. The Balaban J connectivity index is 2.27. The maximum absolute atomic E-state index is 12.2. The molecule has 0 spiro atoms. The molecule has 0 aliphatic carbocycles. The molecule has 0 bridgehead atoms. The van der Waals surface area contributed by atoms with Crippen molar-refractivity contribution in [3.05, 3.63) is 56.5 Å². The minimum absolute atomic E-state index is 0.283. The lowest BCUT2D eigenvalue weighted by Crippen LogP contribution is -2.12. The van der Waals surface area contributed by atoms with Gasteiger partial charge in [-0.1, -0.05) is 23.2 Å². The fourth-order valence-electron chi connectivity index (χ4n) is 1.63. The van der Waals surface area contributed by atoms with Gasteiger partial charge in [-0.15, -0.1) is 0 Å². The third-order valence-electron chi connectivity index (χ3n) is 2.54. The van der Waals surface area contributed by atoms with E-state index in [2.05, 4.69) is 21.2 Å². The molecule has 2 aromatic carbocycles. The summed E-state index contributed by atoms with van der Waals surface area (Å²) in [7, 11) is 1.54. The zero-order valence-electron chi connectivity index (χ0n) is 10.4. The molecule has 0 saturated carbocycles. The average molecular weight is 375 g/mol. The van der Waals surface area contributed by atoms with E-state index in [9.17, 15) is 4.79 Å². The SMILES string of the molecule is COc1ccc(Br)c(C(=O)Nc2cc(Cl)cc(Cl)c2)c1. The van der Waals surface area contributed by atoms with Crippen molar-refractivity contribution in [1.29, 1.82) is 0 Å². The first-order chi connectivity index (χ1) is 9.49. The van der Waals surface area contributed by atoms with E-state index in [-0.39, 0.29) is 5.91 Å². The molecule has 0 aliphatic heterocycles. The number of nitrogens with one attached hydrogen (secondary N) is 1. The number of carbonyl (C=O) groups excluding carboxylic acids is 1. The summed E-state index contributed by atoms with van der Waals surface area (Å²) < 4.78 is 5.78. The van der Waals surface area contributed by atoms with Crippen LogP contribution in [0.4, 0.5) is 5.69 Å². The Hall–Kier alpha value is -1.23. The van der Waals surface area contributed by atoms with Gasteiger partial charge in [-0.25, -0.2) is 0 Å². The zero-order chi connectivity index (χ0) is 14.7. The second-order valence-electron chi connectivity index (χ2n) is 3.96. The molecule has 2 rings (SSSR count). The third kappa shape index (κ3) is 3.66. The molecule has 2 aromatic rings. The van der Waals surface area contributed by atoms with Gasteiger partial charge < -0.3 is 10.1 Å². The topological polar surface area (TPSA) is 38.3 Å². The first-order valence-electron chi connectivity index (χ1n) is 5.60. The normalized spacial score (nSPS) is 10.2. The Kier molecular flexibility index (Phi) is 4.91. The van der Waals surface area contributed by atoms with Crippen LogP contribution in [0.3, 0.4) is 0 Å². The first kappa shape index (κ1) is 15.2. The molecule has 1 amide bonds. The minimum Gasteiger partial charge on any atom is -0.497 e. The van der Waals surface area contributed by atoms with Gasteiger partial charge in [0.1, 0.15) is 5.75 Å². The molecule has 0 aromatic heterocycles. The van der Waals surface area contributed by atoms with E-state index in [1.54, 1.807) is 43.5 Å². The highest BCUT2D eigenvalue weighted by Crippen LogP contribution is 2.26. The molecule has 0 atom stereocenters. The molecular formula is C14H10BrCl2NO2. The van der Waals surface area contributed by atoms with Crippen molar-refractivity contribution in [1.82, 2.24) is 0 Å². The predicted molar refractivity (Wildman–Crippen MR) is 85.1 cm³/mol. The molecule has 0 heterocycles. The van der Waals surface area contributed by atoms with Crippen molar-refractivity contribution in [2.24, 2.45) is 0 Å². The lowest BCUT2D eigenvalue weighted by atomic mass is 10.2. The van der Waals surface area contributed by atoms with Gasteiger partial charge in [0.15, 0.2) is 0 Å². The largest absolute Gasteiger partial charge is 0.497 e. The van der Waals surface area contributed by atoms with E-state index in [4.69, 9.17) is 27.9 Å². The molecule has 0 fully saturated rings. The highest BCUT2D eigenvalue weighted by Gasteiger charge is 2.12. The second-order valence-corrected chi connectivity index (χ2v) is 5.69. The standard InChI is InChI=1S/C14H10BrCl2NO2/c1-20-11-2-3-13(15)12(7-11)14(19)18-10-5-8(16)4-9(17)6-10/h2-7H,1H3,(H,18,19). The van der Waals surface area contributed by atoms with E-state index in [0.717, 1.165) is 0 Å². The predicted octanol–water partition coefficient (Wildman–Crippen LogP) is 5.02. The summed E-state index contributed by atoms with van der Waals surface area (Å²) in [5.41, 5.74) is 0.989. The van der Waals surface area contributed by atoms with Crippen molar-refractivity contribution < 1.29 is 9.53 Å². The lowest BCUT2D eigenvalue weighted by Gasteiger charge is -2.09. The summed E-state index contributed by atoms with van der Waals surface area (Å²) in [5.74, 6) is 0.316. The number of anilines is 1. The molecule has 104 valence electrons. The van der Waals surface area contributed by atoms with E-state index in [1.165, 1.54) is 0 Å². The van der Waals surface area contributed by atoms with E-state index < -0.39 is 0 Å². The third-order valence-corrected chi connectivity index (χ3v) is 3.67. The minimum atomic E-state index is -0.283. The van der Waals surface area contributed by atoms with Gasteiger partial charge in [-0.05, 0) is 52.3 Å². The van der Waals surface area contributed by atoms with Gasteiger partial charge in [0.2, 0.25) is 0 Å². The van der Waals surface area contributed by atoms with Crippen LogP contribution in [0.15, 0.2) is 40.9 Å². The molecular weight excluding hydrogens is 365 g/mol. The number of carbonyl (C=O) groups is 1. The van der Waals surface area contributed by atoms with Crippen LogP contribution in [-0.4, -0.2) is 13.0 Å². The van der Waals surface area contributed by atoms with Crippen LogP contribution in [0.2, 0.25) is 10.0 Å². The quantitative estimate of drug-likeness (QED) is 0.819. The number of hydrogen-bond acceptors (Lipinski definition) is 2. The summed E-state index contributed by atoms with van der Waals surface area (Å²) in [5, 5.41) is 3.65. The van der Waals surface area contributed by atoms with Crippen LogP contribution in [0.25, 0.3) is 0 Å². The monoisotopic (exact) mass is 373 g/mol. The smallest absolute Gasteiger partial charge is 0.256 e. The fourth-order valence-corrected chi connectivity index (χ4v) is 2.58. The number of hydrogen-bond donors (Lipinski definition) is 1. The first-order valence-corrected chi connectivity index (χ1v) is 7.15. The van der Waals surface area contributed by atoms with E-state index in [0.29, 0.717) is 31.5 Å². The zero-order valence-corrected chi connectivity index (χ0v) is 13.5. The number of halogens is 3. The van der Waals surface area contributed by atoms with Gasteiger partial charge >= 0.3 is 0 Å². The number of ether oxygens (including phenoxy) is 1. The van der Waals surface area contributed by atoms with Gasteiger partial charge in [-0.3, -0.25) is 4.79 Å². The Labute approximate surface area is 135 Å².